The monoisotopic (exact) mass is 491 g/mol. The second-order valence-corrected chi connectivity index (χ2v) is 11.0. The van der Waals surface area contributed by atoms with Crippen molar-refractivity contribution in [3.8, 4) is 5.75 Å². The van der Waals surface area contributed by atoms with Crippen molar-refractivity contribution in [2.75, 3.05) is 12.4 Å². The van der Waals surface area contributed by atoms with E-state index in [1.165, 1.54) is 34.4 Å². The van der Waals surface area contributed by atoms with E-state index in [0.29, 0.717) is 28.9 Å². The first-order valence-electron chi connectivity index (χ1n) is 10.7. The molecule has 8 nitrogen and oxygen atoms in total. The highest BCUT2D eigenvalue weighted by atomic mass is 35.5. The highest BCUT2D eigenvalue weighted by Crippen LogP contribution is 2.35. The summed E-state index contributed by atoms with van der Waals surface area (Å²) in [6, 6.07) is 7.63. The van der Waals surface area contributed by atoms with Gasteiger partial charge in [-0.05, 0) is 43.2 Å². The summed E-state index contributed by atoms with van der Waals surface area (Å²) in [5.41, 5.74) is 1.07. The second-order valence-electron chi connectivity index (χ2n) is 8.34. The Labute approximate surface area is 197 Å². The molecule has 1 aromatic heterocycles. The molecule has 1 fully saturated rings. The maximum atomic E-state index is 13.7. The number of nitrogens with zero attached hydrogens (tertiary/aromatic N) is 2. The SMILES string of the molecule is COc1cc(Cl)ccc1C(=O)Nc1cc2c(cc1S(=O)(=O)C1CCCCC1)n(C)c(=O)n2C. The van der Waals surface area contributed by atoms with Crippen molar-refractivity contribution in [3.05, 3.63) is 51.4 Å². The second kappa shape index (κ2) is 8.87. The predicted octanol–water partition coefficient (Wildman–Crippen LogP) is 3.90. The lowest BCUT2D eigenvalue weighted by Crippen LogP contribution is -2.26. The zero-order valence-electron chi connectivity index (χ0n) is 18.7. The predicted molar refractivity (Wildman–Crippen MR) is 128 cm³/mol. The largest absolute Gasteiger partial charge is 0.496 e. The van der Waals surface area contributed by atoms with Crippen LogP contribution in [0.3, 0.4) is 0 Å². The van der Waals surface area contributed by atoms with Gasteiger partial charge < -0.3 is 10.1 Å². The molecular weight excluding hydrogens is 466 g/mol. The molecular formula is C23H26ClN3O5S. The number of nitrogens with one attached hydrogen (secondary N) is 1. The summed E-state index contributed by atoms with van der Waals surface area (Å²) in [7, 11) is 0.878. The van der Waals surface area contributed by atoms with Crippen LogP contribution in [0.1, 0.15) is 42.5 Å². The van der Waals surface area contributed by atoms with E-state index in [9.17, 15) is 18.0 Å². The first kappa shape index (κ1) is 23.4. The highest BCUT2D eigenvalue weighted by Gasteiger charge is 2.32. The summed E-state index contributed by atoms with van der Waals surface area (Å²) in [5, 5.41) is 2.63. The number of anilines is 1. The molecule has 1 heterocycles. The van der Waals surface area contributed by atoms with Crippen molar-refractivity contribution >= 4 is 44.1 Å². The van der Waals surface area contributed by atoms with Gasteiger partial charge in [0.15, 0.2) is 9.84 Å². The number of carbonyl (C=O) groups is 1. The van der Waals surface area contributed by atoms with Crippen molar-refractivity contribution in [2.24, 2.45) is 14.1 Å². The lowest BCUT2D eigenvalue weighted by molar-refractivity contribution is 0.102. The molecule has 2 aromatic carbocycles. The van der Waals surface area contributed by atoms with Gasteiger partial charge in [-0.25, -0.2) is 13.2 Å². The van der Waals surface area contributed by atoms with Gasteiger partial charge in [0.2, 0.25) is 0 Å². The average molecular weight is 492 g/mol. The third-order valence-electron chi connectivity index (χ3n) is 6.33. The lowest BCUT2D eigenvalue weighted by atomic mass is 10.0. The summed E-state index contributed by atoms with van der Waals surface area (Å²) < 4.78 is 35.4. The third-order valence-corrected chi connectivity index (χ3v) is 8.86. The number of aryl methyl sites for hydroxylation is 2. The third kappa shape index (κ3) is 4.15. The molecule has 0 aliphatic heterocycles. The summed E-state index contributed by atoms with van der Waals surface area (Å²) in [6.07, 6.45) is 3.86. The topological polar surface area (TPSA) is 99.4 Å². The van der Waals surface area contributed by atoms with Crippen molar-refractivity contribution in [1.29, 1.82) is 0 Å². The normalized spacial score (nSPS) is 15.0. The molecule has 176 valence electrons. The Morgan fingerprint density at radius 2 is 1.70 bits per heavy atom. The molecule has 0 atom stereocenters. The molecule has 0 radical (unpaired) electrons. The molecule has 33 heavy (non-hydrogen) atoms. The fourth-order valence-electron chi connectivity index (χ4n) is 4.46. The van der Waals surface area contributed by atoms with Crippen LogP contribution in [0.15, 0.2) is 40.0 Å². The standard InChI is InChI=1S/C23H26ClN3O5S/c1-26-18-12-17(25-22(28)16-10-9-14(24)11-20(16)32-3)21(13-19(18)27(2)23(26)29)33(30,31)15-7-5-4-6-8-15/h9-13,15H,4-8H2,1-3H3,(H,25,28). The van der Waals surface area contributed by atoms with Gasteiger partial charge in [-0.1, -0.05) is 30.9 Å². The van der Waals surface area contributed by atoms with Crippen molar-refractivity contribution in [1.82, 2.24) is 9.13 Å². The fraction of sp³-hybridized carbons (Fsp3) is 0.391. The Balaban J connectivity index is 1.87. The number of hydrogen-bond acceptors (Lipinski definition) is 5. The molecule has 1 aliphatic carbocycles. The molecule has 10 heteroatoms. The van der Waals surface area contributed by atoms with Gasteiger partial charge in [0.25, 0.3) is 5.91 Å². The van der Waals surface area contributed by atoms with Crippen LogP contribution in [0.25, 0.3) is 11.0 Å². The average Bonchev–Trinajstić information content (AvgIpc) is 3.02. The summed E-state index contributed by atoms with van der Waals surface area (Å²) in [6.45, 7) is 0. The quantitative estimate of drug-likeness (QED) is 0.583. The van der Waals surface area contributed by atoms with E-state index >= 15 is 0 Å². The smallest absolute Gasteiger partial charge is 0.328 e. The van der Waals surface area contributed by atoms with Crippen LogP contribution in [0.5, 0.6) is 5.75 Å². The van der Waals surface area contributed by atoms with E-state index in [4.69, 9.17) is 16.3 Å². The fourth-order valence-corrected chi connectivity index (χ4v) is 6.62. The molecule has 0 spiro atoms. The Morgan fingerprint density at radius 1 is 1.06 bits per heavy atom. The van der Waals surface area contributed by atoms with Gasteiger partial charge in [-0.2, -0.15) is 0 Å². The summed E-state index contributed by atoms with van der Waals surface area (Å²) >= 11 is 6.01. The molecule has 1 N–H and O–H groups in total. The first-order valence-corrected chi connectivity index (χ1v) is 12.7. The number of rotatable bonds is 5. The molecule has 3 aromatic rings. The highest BCUT2D eigenvalue weighted by molar-refractivity contribution is 7.92. The van der Waals surface area contributed by atoms with E-state index in [1.54, 1.807) is 26.2 Å². The van der Waals surface area contributed by atoms with E-state index in [0.717, 1.165) is 19.3 Å². The van der Waals surface area contributed by atoms with E-state index in [-0.39, 0.29) is 27.6 Å². The Kier molecular flexibility index (Phi) is 6.28. The van der Waals surface area contributed by atoms with Gasteiger partial charge in [0.1, 0.15) is 5.75 Å². The van der Waals surface area contributed by atoms with Crippen molar-refractivity contribution in [2.45, 2.75) is 42.2 Å². The number of imidazole rings is 1. The van der Waals surface area contributed by atoms with Gasteiger partial charge >= 0.3 is 5.69 Å². The van der Waals surface area contributed by atoms with Crippen molar-refractivity contribution in [3.63, 3.8) is 0 Å². The van der Waals surface area contributed by atoms with Crippen LogP contribution in [-0.4, -0.2) is 35.8 Å². The number of benzene rings is 2. The molecule has 1 saturated carbocycles. The van der Waals surface area contributed by atoms with Crippen LogP contribution in [0, 0.1) is 0 Å². The maximum absolute atomic E-state index is 13.7. The first-order chi connectivity index (χ1) is 15.6. The number of amides is 1. The number of sulfone groups is 1. The summed E-state index contributed by atoms with van der Waals surface area (Å²) in [5.74, 6) is -0.270. The molecule has 4 rings (SSSR count). The Bertz CT molecular complexity index is 1400. The molecule has 0 saturated heterocycles. The Hall–Kier alpha value is -2.78. The number of fused-ring (bicyclic) bond motifs is 1. The van der Waals surface area contributed by atoms with Crippen LogP contribution in [-0.2, 0) is 23.9 Å². The molecule has 1 aliphatic rings. The van der Waals surface area contributed by atoms with Gasteiger partial charge in [-0.15, -0.1) is 0 Å². The van der Waals surface area contributed by atoms with Crippen LogP contribution < -0.4 is 15.7 Å². The van der Waals surface area contributed by atoms with Crippen LogP contribution >= 0.6 is 11.6 Å². The van der Waals surface area contributed by atoms with Crippen LogP contribution in [0.2, 0.25) is 5.02 Å². The van der Waals surface area contributed by atoms with Crippen LogP contribution in [0.4, 0.5) is 5.69 Å². The minimum Gasteiger partial charge on any atom is -0.496 e. The number of ether oxygens (including phenoxy) is 1. The number of methoxy groups -OCH3 is 1. The minimum atomic E-state index is -3.75. The zero-order valence-corrected chi connectivity index (χ0v) is 20.3. The molecule has 0 unspecified atom stereocenters. The van der Waals surface area contributed by atoms with E-state index < -0.39 is 21.0 Å². The zero-order chi connectivity index (χ0) is 23.9. The van der Waals surface area contributed by atoms with Gasteiger partial charge in [-0.3, -0.25) is 13.9 Å². The number of carbonyl (C=O) groups excluding carboxylic acids is 1. The lowest BCUT2D eigenvalue weighted by Gasteiger charge is -2.23. The van der Waals surface area contributed by atoms with Gasteiger partial charge in [0.05, 0.1) is 39.5 Å². The van der Waals surface area contributed by atoms with Crippen molar-refractivity contribution < 1.29 is 17.9 Å². The van der Waals surface area contributed by atoms with E-state index in [2.05, 4.69) is 5.32 Å². The maximum Gasteiger partial charge on any atom is 0.328 e. The van der Waals surface area contributed by atoms with Gasteiger partial charge in [0, 0.05) is 19.1 Å². The number of halogens is 1. The minimum absolute atomic E-state index is 0.0179. The Morgan fingerprint density at radius 3 is 2.33 bits per heavy atom. The molecule has 1 amide bonds. The number of aromatic nitrogens is 2. The summed E-state index contributed by atoms with van der Waals surface area (Å²) in [4.78, 5) is 25.7. The van der Waals surface area contributed by atoms with E-state index in [1.807, 2.05) is 0 Å². The number of hydrogen-bond donors (Lipinski definition) is 1. The molecule has 0 bridgehead atoms.